The number of hydrogen-bond acceptors (Lipinski definition) is 3. The number of piperazine rings is 1. The highest BCUT2D eigenvalue weighted by molar-refractivity contribution is 6.34. The molecule has 0 radical (unpaired) electrons. The highest BCUT2D eigenvalue weighted by Gasteiger charge is 2.19. The summed E-state index contributed by atoms with van der Waals surface area (Å²) in [4.78, 5) is 15.7. The van der Waals surface area contributed by atoms with Crippen LogP contribution < -0.4 is 16.0 Å². The summed E-state index contributed by atoms with van der Waals surface area (Å²) in [5, 5.41) is 3.61. The van der Waals surface area contributed by atoms with Crippen LogP contribution in [-0.2, 0) is 0 Å². The lowest BCUT2D eigenvalue weighted by atomic mass is 10.1. The summed E-state index contributed by atoms with van der Waals surface area (Å²) in [6, 6.07) is 5.99. The number of carbonyl (C=O) groups excluding carboxylic acids is 1. The van der Waals surface area contributed by atoms with Crippen molar-refractivity contribution in [1.29, 1.82) is 0 Å². The minimum absolute atomic E-state index is 0.167. The molecule has 1 heterocycles. The molecule has 1 aliphatic heterocycles. The van der Waals surface area contributed by atoms with E-state index in [1.165, 1.54) is 12.8 Å². The lowest BCUT2D eigenvalue weighted by molar-refractivity contribution is 0.244. The van der Waals surface area contributed by atoms with E-state index in [1.807, 2.05) is 6.92 Å². The maximum absolute atomic E-state index is 10.8. The SMILES string of the molecule is Cc1cccc(N2CCN(CCCCCC(C)NC(N)=O)CC2)c1Cl. The third-order valence-electron chi connectivity index (χ3n) is 4.88. The number of halogens is 1. The molecule has 2 amide bonds. The number of unbranched alkanes of at least 4 members (excludes halogenated alkanes) is 2. The fourth-order valence-electron chi connectivity index (χ4n) is 3.37. The number of aryl methyl sites for hydroxylation is 1. The van der Waals surface area contributed by atoms with Gasteiger partial charge in [0, 0.05) is 32.2 Å². The minimum Gasteiger partial charge on any atom is -0.368 e. The van der Waals surface area contributed by atoms with Gasteiger partial charge in [0.25, 0.3) is 0 Å². The molecule has 1 unspecified atom stereocenters. The van der Waals surface area contributed by atoms with Crippen LogP contribution >= 0.6 is 11.6 Å². The molecule has 5 nitrogen and oxygen atoms in total. The van der Waals surface area contributed by atoms with E-state index in [-0.39, 0.29) is 6.04 Å². The van der Waals surface area contributed by atoms with Gasteiger partial charge in [0.1, 0.15) is 0 Å². The van der Waals surface area contributed by atoms with Gasteiger partial charge in [0.2, 0.25) is 0 Å². The van der Waals surface area contributed by atoms with E-state index >= 15 is 0 Å². The summed E-state index contributed by atoms with van der Waals surface area (Å²) in [7, 11) is 0. The number of rotatable bonds is 8. The Morgan fingerprint density at radius 3 is 2.64 bits per heavy atom. The highest BCUT2D eigenvalue weighted by Crippen LogP contribution is 2.29. The van der Waals surface area contributed by atoms with Gasteiger partial charge in [-0.3, -0.25) is 4.90 Å². The van der Waals surface area contributed by atoms with E-state index in [4.69, 9.17) is 17.3 Å². The standard InChI is InChI=1S/C19H31ClN4O/c1-15-7-6-9-17(18(15)20)24-13-11-23(12-14-24)10-5-3-4-8-16(2)22-19(21)25/h6-7,9,16H,3-5,8,10-14H2,1-2H3,(H3,21,22,25). The monoisotopic (exact) mass is 366 g/mol. The first kappa shape index (κ1) is 19.9. The van der Waals surface area contributed by atoms with Crippen LogP contribution in [0.1, 0.15) is 38.2 Å². The van der Waals surface area contributed by atoms with E-state index in [9.17, 15) is 4.79 Å². The van der Waals surface area contributed by atoms with Crippen molar-refractivity contribution in [3.63, 3.8) is 0 Å². The summed E-state index contributed by atoms with van der Waals surface area (Å²) in [6.07, 6.45) is 4.51. The van der Waals surface area contributed by atoms with Gasteiger partial charge in [-0.25, -0.2) is 4.79 Å². The first-order chi connectivity index (χ1) is 12.0. The molecular formula is C19H31ClN4O. The Kier molecular flexibility index (Phi) is 7.85. The molecule has 1 aromatic rings. The van der Waals surface area contributed by atoms with E-state index in [0.29, 0.717) is 0 Å². The largest absolute Gasteiger partial charge is 0.368 e. The summed E-state index contributed by atoms with van der Waals surface area (Å²) < 4.78 is 0. The van der Waals surface area contributed by atoms with Crippen molar-refractivity contribution in [3.05, 3.63) is 28.8 Å². The fourth-order valence-corrected chi connectivity index (χ4v) is 3.61. The first-order valence-corrected chi connectivity index (χ1v) is 9.63. The quantitative estimate of drug-likeness (QED) is 0.693. The molecule has 3 N–H and O–H groups in total. The Balaban J connectivity index is 1.63. The summed E-state index contributed by atoms with van der Waals surface area (Å²) in [5.41, 5.74) is 7.43. The average molecular weight is 367 g/mol. The molecule has 0 bridgehead atoms. The van der Waals surface area contributed by atoms with Crippen molar-refractivity contribution in [3.8, 4) is 0 Å². The van der Waals surface area contributed by atoms with Crippen molar-refractivity contribution >= 4 is 23.3 Å². The summed E-state index contributed by atoms with van der Waals surface area (Å²) >= 11 is 6.45. The van der Waals surface area contributed by atoms with Crippen LogP contribution in [0.2, 0.25) is 5.02 Å². The molecule has 0 spiro atoms. The van der Waals surface area contributed by atoms with E-state index in [1.54, 1.807) is 0 Å². The first-order valence-electron chi connectivity index (χ1n) is 9.25. The third kappa shape index (κ3) is 6.40. The number of nitrogens with two attached hydrogens (primary N) is 1. The van der Waals surface area contributed by atoms with Gasteiger partial charge in [0.15, 0.2) is 0 Å². The number of carbonyl (C=O) groups is 1. The molecule has 140 valence electrons. The zero-order valence-electron chi connectivity index (χ0n) is 15.4. The maximum atomic E-state index is 10.8. The second-order valence-electron chi connectivity index (χ2n) is 7.00. The number of benzene rings is 1. The van der Waals surface area contributed by atoms with Gasteiger partial charge in [-0.1, -0.05) is 36.6 Å². The highest BCUT2D eigenvalue weighted by atomic mass is 35.5. The van der Waals surface area contributed by atoms with Crippen molar-refractivity contribution in [2.45, 2.75) is 45.6 Å². The third-order valence-corrected chi connectivity index (χ3v) is 5.38. The molecular weight excluding hydrogens is 336 g/mol. The number of nitrogens with one attached hydrogen (secondary N) is 1. The van der Waals surface area contributed by atoms with Crippen molar-refractivity contribution in [2.75, 3.05) is 37.6 Å². The van der Waals surface area contributed by atoms with Gasteiger partial charge in [-0.2, -0.15) is 0 Å². The van der Waals surface area contributed by atoms with Crippen molar-refractivity contribution in [2.24, 2.45) is 5.73 Å². The van der Waals surface area contributed by atoms with Crippen molar-refractivity contribution in [1.82, 2.24) is 10.2 Å². The molecule has 0 aliphatic carbocycles. The molecule has 25 heavy (non-hydrogen) atoms. The Bertz CT molecular complexity index is 558. The van der Waals surface area contributed by atoms with E-state index in [2.05, 4.69) is 40.2 Å². The molecule has 1 aliphatic rings. The molecule has 1 atom stereocenters. The van der Waals surface area contributed by atoms with Gasteiger partial charge < -0.3 is 16.0 Å². The second-order valence-corrected chi connectivity index (χ2v) is 7.37. The zero-order valence-corrected chi connectivity index (χ0v) is 16.2. The number of amides is 2. The van der Waals surface area contributed by atoms with Gasteiger partial charge in [-0.15, -0.1) is 0 Å². The molecule has 0 aromatic heterocycles. The van der Waals surface area contributed by atoms with Crippen LogP contribution in [0.4, 0.5) is 10.5 Å². The molecule has 6 heteroatoms. The van der Waals surface area contributed by atoms with Crippen molar-refractivity contribution < 1.29 is 4.79 Å². The average Bonchev–Trinajstić information content (AvgIpc) is 2.57. The fraction of sp³-hybridized carbons (Fsp3) is 0.632. The lowest BCUT2D eigenvalue weighted by Gasteiger charge is -2.36. The predicted molar refractivity (Wildman–Crippen MR) is 105 cm³/mol. The Morgan fingerprint density at radius 1 is 1.24 bits per heavy atom. The number of primary amides is 1. The minimum atomic E-state index is -0.431. The Morgan fingerprint density at radius 2 is 1.96 bits per heavy atom. The van der Waals surface area contributed by atoms with Gasteiger partial charge in [-0.05, 0) is 44.9 Å². The molecule has 1 aromatic carbocycles. The van der Waals surface area contributed by atoms with Crippen LogP contribution in [0.5, 0.6) is 0 Å². The van der Waals surface area contributed by atoms with Crippen LogP contribution in [-0.4, -0.2) is 49.7 Å². The topological polar surface area (TPSA) is 61.6 Å². The molecule has 0 saturated carbocycles. The second kappa shape index (κ2) is 9.88. The van der Waals surface area contributed by atoms with Gasteiger partial charge in [0.05, 0.1) is 10.7 Å². The Labute approximate surface area is 156 Å². The Hall–Kier alpha value is -1.46. The molecule has 1 saturated heterocycles. The van der Waals surface area contributed by atoms with E-state index in [0.717, 1.165) is 61.8 Å². The number of urea groups is 1. The van der Waals surface area contributed by atoms with Gasteiger partial charge >= 0.3 is 6.03 Å². The maximum Gasteiger partial charge on any atom is 0.312 e. The lowest BCUT2D eigenvalue weighted by Crippen LogP contribution is -2.46. The van der Waals surface area contributed by atoms with Crippen LogP contribution in [0, 0.1) is 6.92 Å². The summed E-state index contributed by atoms with van der Waals surface area (Å²) in [6.45, 7) is 9.44. The number of nitrogens with zero attached hydrogens (tertiary/aromatic N) is 2. The van der Waals surface area contributed by atoms with Crippen LogP contribution in [0.3, 0.4) is 0 Å². The summed E-state index contributed by atoms with van der Waals surface area (Å²) in [5.74, 6) is 0. The van der Waals surface area contributed by atoms with Crippen LogP contribution in [0.25, 0.3) is 0 Å². The zero-order chi connectivity index (χ0) is 18.2. The predicted octanol–water partition coefficient (Wildman–Crippen LogP) is 3.39. The number of hydrogen-bond donors (Lipinski definition) is 2. The molecule has 2 rings (SSSR count). The van der Waals surface area contributed by atoms with Crippen LogP contribution in [0.15, 0.2) is 18.2 Å². The smallest absolute Gasteiger partial charge is 0.312 e. The van der Waals surface area contributed by atoms with E-state index < -0.39 is 6.03 Å². The number of anilines is 1. The normalized spacial score (nSPS) is 16.7. The molecule has 1 fully saturated rings.